The van der Waals surface area contributed by atoms with Gasteiger partial charge in [0.25, 0.3) is 0 Å². The van der Waals surface area contributed by atoms with Crippen LogP contribution in [-0.4, -0.2) is 18.4 Å². The van der Waals surface area contributed by atoms with Crippen molar-refractivity contribution < 1.29 is 4.79 Å². The van der Waals surface area contributed by atoms with E-state index < -0.39 is 0 Å². The minimum absolute atomic E-state index is 0.317. The van der Waals surface area contributed by atoms with E-state index in [0.717, 1.165) is 6.42 Å². The summed E-state index contributed by atoms with van der Waals surface area (Å²) in [5, 5.41) is 3.27. The Labute approximate surface area is 63.0 Å². The van der Waals surface area contributed by atoms with Gasteiger partial charge in [-0.15, -0.1) is 0 Å². The molecule has 1 atom stereocenters. The predicted molar refractivity (Wildman–Crippen MR) is 42.7 cm³/mol. The van der Waals surface area contributed by atoms with Crippen LogP contribution < -0.4 is 5.32 Å². The van der Waals surface area contributed by atoms with Gasteiger partial charge in [-0.3, -0.25) is 4.79 Å². The molecule has 1 N–H and O–H groups in total. The first-order valence-electron chi connectivity index (χ1n) is 3.81. The molecule has 0 saturated heterocycles. The number of hydrogen-bond donors (Lipinski definition) is 1. The summed E-state index contributed by atoms with van der Waals surface area (Å²) in [5.74, 6) is 0. The van der Waals surface area contributed by atoms with E-state index in [2.05, 4.69) is 26.1 Å². The molecule has 1 unspecified atom stereocenters. The van der Waals surface area contributed by atoms with Crippen molar-refractivity contribution in [3.05, 3.63) is 0 Å². The highest BCUT2D eigenvalue weighted by atomic mass is 16.1. The minimum atomic E-state index is 0.317. The van der Waals surface area contributed by atoms with Gasteiger partial charge in [-0.25, -0.2) is 0 Å². The lowest BCUT2D eigenvalue weighted by molar-refractivity contribution is 0.449. The Bertz CT molecular complexity index is 91.3. The van der Waals surface area contributed by atoms with E-state index in [1.54, 1.807) is 0 Å². The van der Waals surface area contributed by atoms with Gasteiger partial charge in [0.15, 0.2) is 6.29 Å². The molecular weight excluding hydrogens is 126 g/mol. The van der Waals surface area contributed by atoms with E-state index in [-0.39, 0.29) is 0 Å². The van der Waals surface area contributed by atoms with Crippen molar-refractivity contribution in [2.75, 3.05) is 0 Å². The van der Waals surface area contributed by atoms with Crippen LogP contribution in [-0.2, 0) is 4.79 Å². The molecule has 0 heterocycles. The highest BCUT2D eigenvalue weighted by Gasteiger charge is 2.05. The fourth-order valence-electron chi connectivity index (χ4n) is 0.893. The maximum Gasteiger partial charge on any atom is 0.199 e. The smallest absolute Gasteiger partial charge is 0.199 e. The average molecular weight is 142 g/mol. The van der Waals surface area contributed by atoms with E-state index in [4.69, 9.17) is 0 Å². The second kappa shape index (κ2) is 5.42. The standard InChI is InChI=1S/C8H16NO/c1-4-8(5-6-10)9-7(2)3/h7-9H,4-5H2,1-3H3. The predicted octanol–water partition coefficient (Wildman–Crippen LogP) is 1.26. The van der Waals surface area contributed by atoms with E-state index >= 15 is 0 Å². The Hall–Kier alpha value is -0.370. The van der Waals surface area contributed by atoms with Gasteiger partial charge in [-0.1, -0.05) is 20.8 Å². The Morgan fingerprint density at radius 1 is 1.50 bits per heavy atom. The van der Waals surface area contributed by atoms with Crippen LogP contribution in [0.2, 0.25) is 0 Å². The lowest BCUT2D eigenvalue weighted by Gasteiger charge is -2.16. The third-order valence-corrected chi connectivity index (χ3v) is 1.39. The van der Waals surface area contributed by atoms with E-state index in [1.165, 1.54) is 0 Å². The molecule has 0 saturated carbocycles. The largest absolute Gasteiger partial charge is 0.311 e. The van der Waals surface area contributed by atoms with Crippen molar-refractivity contribution in [1.29, 1.82) is 0 Å². The maximum absolute atomic E-state index is 9.99. The van der Waals surface area contributed by atoms with Crippen molar-refractivity contribution in [1.82, 2.24) is 5.32 Å². The van der Waals surface area contributed by atoms with Crippen LogP contribution in [0.5, 0.6) is 0 Å². The summed E-state index contributed by atoms with van der Waals surface area (Å²) in [6.45, 7) is 6.22. The van der Waals surface area contributed by atoms with Gasteiger partial charge in [-0.05, 0) is 6.42 Å². The van der Waals surface area contributed by atoms with Crippen LogP contribution >= 0.6 is 0 Å². The summed E-state index contributed by atoms with van der Waals surface area (Å²) in [4.78, 5) is 9.99. The molecule has 0 spiro atoms. The Morgan fingerprint density at radius 3 is 2.40 bits per heavy atom. The number of nitrogens with one attached hydrogen (secondary N) is 1. The van der Waals surface area contributed by atoms with Crippen LogP contribution in [0.3, 0.4) is 0 Å². The summed E-state index contributed by atoms with van der Waals surface area (Å²) >= 11 is 0. The van der Waals surface area contributed by atoms with Crippen molar-refractivity contribution in [2.45, 2.75) is 45.7 Å². The zero-order valence-corrected chi connectivity index (χ0v) is 6.98. The summed E-state index contributed by atoms with van der Waals surface area (Å²) in [6, 6.07) is 0.774. The SMILES string of the molecule is CCC(C[C]=O)NC(C)C. The number of rotatable bonds is 5. The van der Waals surface area contributed by atoms with Crippen LogP contribution in [0.25, 0.3) is 0 Å². The van der Waals surface area contributed by atoms with E-state index in [0.29, 0.717) is 18.5 Å². The van der Waals surface area contributed by atoms with Gasteiger partial charge in [-0.2, -0.15) is 0 Å². The van der Waals surface area contributed by atoms with Crippen LogP contribution in [0, 0.1) is 0 Å². The minimum Gasteiger partial charge on any atom is -0.311 e. The Morgan fingerprint density at radius 2 is 2.10 bits per heavy atom. The molecule has 1 radical (unpaired) electrons. The number of hydrogen-bond acceptors (Lipinski definition) is 2. The van der Waals surface area contributed by atoms with Gasteiger partial charge in [0.2, 0.25) is 0 Å². The first-order chi connectivity index (χ1) is 4.70. The zero-order valence-electron chi connectivity index (χ0n) is 6.98. The van der Waals surface area contributed by atoms with Gasteiger partial charge >= 0.3 is 0 Å². The molecule has 10 heavy (non-hydrogen) atoms. The van der Waals surface area contributed by atoms with Crippen LogP contribution in [0.1, 0.15) is 33.6 Å². The molecule has 0 fully saturated rings. The van der Waals surface area contributed by atoms with Crippen LogP contribution in [0.15, 0.2) is 0 Å². The average Bonchev–Trinajstić information content (AvgIpc) is 1.86. The first-order valence-corrected chi connectivity index (χ1v) is 3.81. The fourth-order valence-corrected chi connectivity index (χ4v) is 0.893. The second-order valence-corrected chi connectivity index (χ2v) is 2.78. The third-order valence-electron chi connectivity index (χ3n) is 1.39. The maximum atomic E-state index is 9.99. The Kier molecular flexibility index (Phi) is 5.22. The third kappa shape index (κ3) is 4.50. The van der Waals surface area contributed by atoms with Crippen molar-refractivity contribution in [2.24, 2.45) is 0 Å². The molecule has 0 rings (SSSR count). The van der Waals surface area contributed by atoms with Crippen molar-refractivity contribution >= 4 is 6.29 Å². The Balaban J connectivity index is 3.48. The lowest BCUT2D eigenvalue weighted by atomic mass is 10.1. The molecule has 0 aromatic heterocycles. The van der Waals surface area contributed by atoms with Crippen molar-refractivity contribution in [3.8, 4) is 0 Å². The molecule has 2 nitrogen and oxygen atoms in total. The molecule has 0 aromatic carbocycles. The molecule has 0 aliphatic heterocycles. The van der Waals surface area contributed by atoms with Gasteiger partial charge < -0.3 is 5.32 Å². The molecule has 0 aromatic rings. The summed E-state index contributed by atoms with van der Waals surface area (Å²) in [6.07, 6.45) is 3.41. The van der Waals surface area contributed by atoms with Crippen LogP contribution in [0.4, 0.5) is 0 Å². The van der Waals surface area contributed by atoms with Gasteiger partial charge in [0.1, 0.15) is 0 Å². The second-order valence-electron chi connectivity index (χ2n) is 2.78. The summed E-state index contributed by atoms with van der Waals surface area (Å²) in [5.41, 5.74) is 0. The molecule has 0 bridgehead atoms. The first kappa shape index (κ1) is 9.63. The van der Waals surface area contributed by atoms with Gasteiger partial charge in [0.05, 0.1) is 0 Å². The van der Waals surface area contributed by atoms with Gasteiger partial charge in [0, 0.05) is 18.5 Å². The summed E-state index contributed by atoms with van der Waals surface area (Å²) in [7, 11) is 0. The molecule has 0 amide bonds. The summed E-state index contributed by atoms with van der Waals surface area (Å²) < 4.78 is 0. The van der Waals surface area contributed by atoms with Crippen molar-refractivity contribution in [3.63, 3.8) is 0 Å². The molecular formula is C8H16NO. The lowest BCUT2D eigenvalue weighted by Crippen LogP contribution is -2.34. The topological polar surface area (TPSA) is 29.1 Å². The fraction of sp³-hybridized carbons (Fsp3) is 0.875. The highest BCUT2D eigenvalue weighted by molar-refractivity contribution is 5.51. The molecule has 59 valence electrons. The molecule has 0 aliphatic rings. The number of carbonyl (C=O) groups excluding carboxylic acids is 1. The van der Waals surface area contributed by atoms with E-state index in [1.807, 2.05) is 6.29 Å². The van der Waals surface area contributed by atoms with E-state index in [9.17, 15) is 4.79 Å². The zero-order chi connectivity index (χ0) is 7.98. The quantitative estimate of drug-likeness (QED) is 0.626. The monoisotopic (exact) mass is 142 g/mol. The highest BCUT2D eigenvalue weighted by Crippen LogP contribution is 1.95. The molecule has 0 aliphatic carbocycles. The molecule has 2 heteroatoms. The normalized spacial score (nSPS) is 13.6.